The van der Waals surface area contributed by atoms with Crippen LogP contribution in [0.3, 0.4) is 0 Å². The van der Waals surface area contributed by atoms with Crippen LogP contribution in [0.1, 0.15) is 33.1 Å². The first kappa shape index (κ1) is 13.7. The Hall–Kier alpha value is -0.680. The van der Waals surface area contributed by atoms with E-state index in [2.05, 4.69) is 22.5 Å². The lowest BCUT2D eigenvalue weighted by atomic mass is 9.74. The summed E-state index contributed by atoms with van der Waals surface area (Å²) in [5.41, 5.74) is -1.23. The first-order valence-electron chi connectivity index (χ1n) is 5.98. The van der Waals surface area contributed by atoms with Crippen LogP contribution in [-0.2, 0) is 19.1 Å². The minimum absolute atomic E-state index is 0.145. The SMILES string of the molecule is C=C(Br)C[C@]12OC(=O)C[C@H]1OC(C)(C)[C@@H]2CC=O. The minimum atomic E-state index is -0.748. The van der Waals surface area contributed by atoms with Crippen LogP contribution in [0.15, 0.2) is 11.1 Å². The molecule has 4 nitrogen and oxygen atoms in total. The van der Waals surface area contributed by atoms with Crippen molar-refractivity contribution in [2.45, 2.75) is 50.4 Å². The van der Waals surface area contributed by atoms with Crippen LogP contribution in [0, 0.1) is 5.92 Å². The number of carbonyl (C=O) groups excluding carboxylic acids is 2. The lowest BCUT2D eigenvalue weighted by molar-refractivity contribution is -0.153. The van der Waals surface area contributed by atoms with E-state index in [4.69, 9.17) is 9.47 Å². The number of rotatable bonds is 4. The second-order valence-electron chi connectivity index (χ2n) is 5.49. The number of carbonyl (C=O) groups is 2. The Morgan fingerprint density at radius 2 is 2.28 bits per heavy atom. The van der Waals surface area contributed by atoms with Crippen molar-refractivity contribution in [3.63, 3.8) is 0 Å². The van der Waals surface area contributed by atoms with Gasteiger partial charge in [0.1, 0.15) is 18.0 Å². The topological polar surface area (TPSA) is 52.6 Å². The summed E-state index contributed by atoms with van der Waals surface area (Å²) in [5.74, 6) is -0.409. The number of ether oxygens (including phenoxy) is 2. The van der Waals surface area contributed by atoms with E-state index < -0.39 is 11.2 Å². The van der Waals surface area contributed by atoms with Crippen LogP contribution >= 0.6 is 15.9 Å². The van der Waals surface area contributed by atoms with Crippen LogP contribution in [0.4, 0.5) is 0 Å². The second-order valence-corrected chi connectivity index (χ2v) is 6.61. The van der Waals surface area contributed by atoms with E-state index in [1.165, 1.54) is 0 Å². The molecular formula is C13H17BrO4. The van der Waals surface area contributed by atoms with Crippen molar-refractivity contribution < 1.29 is 19.1 Å². The highest BCUT2D eigenvalue weighted by Gasteiger charge is 2.65. The lowest BCUT2D eigenvalue weighted by Gasteiger charge is -2.35. The van der Waals surface area contributed by atoms with Gasteiger partial charge < -0.3 is 14.3 Å². The van der Waals surface area contributed by atoms with Crippen molar-refractivity contribution in [2.24, 2.45) is 5.92 Å². The number of hydrogen-bond donors (Lipinski definition) is 0. The summed E-state index contributed by atoms with van der Waals surface area (Å²) in [6.45, 7) is 7.70. The summed E-state index contributed by atoms with van der Waals surface area (Å²) in [6, 6.07) is 0. The predicted molar refractivity (Wildman–Crippen MR) is 69.2 cm³/mol. The maximum Gasteiger partial charge on any atom is 0.309 e. The molecule has 0 bridgehead atoms. The van der Waals surface area contributed by atoms with Gasteiger partial charge in [-0.2, -0.15) is 0 Å². The number of esters is 1. The van der Waals surface area contributed by atoms with Gasteiger partial charge in [-0.25, -0.2) is 0 Å². The molecule has 2 aliphatic rings. The molecule has 5 heteroatoms. The van der Waals surface area contributed by atoms with Crippen LogP contribution in [0.2, 0.25) is 0 Å². The van der Waals surface area contributed by atoms with Crippen molar-refractivity contribution in [3.8, 4) is 0 Å². The average molecular weight is 317 g/mol. The second kappa shape index (κ2) is 4.46. The molecule has 0 amide bonds. The van der Waals surface area contributed by atoms with E-state index in [-0.39, 0.29) is 24.4 Å². The first-order valence-corrected chi connectivity index (χ1v) is 6.77. The van der Waals surface area contributed by atoms with Gasteiger partial charge in [-0.1, -0.05) is 22.5 Å². The molecule has 2 rings (SSSR count). The van der Waals surface area contributed by atoms with Gasteiger partial charge in [0.25, 0.3) is 0 Å². The molecule has 3 atom stereocenters. The summed E-state index contributed by atoms with van der Waals surface area (Å²) >= 11 is 3.32. The summed E-state index contributed by atoms with van der Waals surface area (Å²) < 4.78 is 12.3. The normalized spacial score (nSPS) is 37.2. The van der Waals surface area contributed by atoms with Crippen LogP contribution in [0.5, 0.6) is 0 Å². The third kappa shape index (κ3) is 2.03. The highest BCUT2D eigenvalue weighted by Crippen LogP contribution is 2.54. The number of aldehydes is 1. The highest BCUT2D eigenvalue weighted by atomic mass is 79.9. The molecule has 2 aliphatic heterocycles. The van der Waals surface area contributed by atoms with Gasteiger partial charge in [-0.15, -0.1) is 0 Å². The van der Waals surface area contributed by atoms with Crippen LogP contribution in [0.25, 0.3) is 0 Å². The zero-order chi connectivity index (χ0) is 13.6. The molecule has 0 aromatic carbocycles. The van der Waals surface area contributed by atoms with E-state index >= 15 is 0 Å². The molecule has 0 aromatic heterocycles. The van der Waals surface area contributed by atoms with E-state index in [1.807, 2.05) is 13.8 Å². The number of fused-ring (bicyclic) bond motifs is 1. The lowest BCUT2D eigenvalue weighted by Crippen LogP contribution is -2.45. The predicted octanol–water partition coefficient (Wildman–Crippen LogP) is 2.35. The Bertz CT molecular complexity index is 404. The van der Waals surface area contributed by atoms with Crippen LogP contribution < -0.4 is 0 Å². The van der Waals surface area contributed by atoms with Gasteiger partial charge in [0.05, 0.1) is 12.0 Å². The molecule has 0 unspecified atom stereocenters. The van der Waals surface area contributed by atoms with E-state index in [0.29, 0.717) is 12.8 Å². The van der Waals surface area contributed by atoms with Crippen molar-refractivity contribution in [1.82, 2.24) is 0 Å². The van der Waals surface area contributed by atoms with Crippen molar-refractivity contribution in [3.05, 3.63) is 11.1 Å². The maximum atomic E-state index is 11.6. The van der Waals surface area contributed by atoms with E-state index in [1.54, 1.807) is 0 Å². The molecule has 0 aliphatic carbocycles. The molecule has 2 heterocycles. The zero-order valence-corrected chi connectivity index (χ0v) is 12.2. The summed E-state index contributed by atoms with van der Waals surface area (Å²) in [5, 5.41) is 0. The molecule has 0 radical (unpaired) electrons. The molecule has 0 spiro atoms. The smallest absolute Gasteiger partial charge is 0.309 e. The first-order chi connectivity index (χ1) is 8.32. The molecule has 18 heavy (non-hydrogen) atoms. The third-order valence-corrected chi connectivity index (χ3v) is 4.16. The van der Waals surface area contributed by atoms with Gasteiger partial charge in [-0.05, 0) is 18.3 Å². The van der Waals surface area contributed by atoms with E-state index in [9.17, 15) is 9.59 Å². The largest absolute Gasteiger partial charge is 0.455 e. The maximum absolute atomic E-state index is 11.6. The fraction of sp³-hybridized carbons (Fsp3) is 0.692. The van der Waals surface area contributed by atoms with Gasteiger partial charge in [0.15, 0.2) is 0 Å². The molecule has 0 N–H and O–H groups in total. The summed E-state index contributed by atoms with van der Waals surface area (Å²) in [6.07, 6.45) is 1.61. The van der Waals surface area contributed by atoms with E-state index in [0.717, 1.165) is 10.8 Å². The zero-order valence-electron chi connectivity index (χ0n) is 10.6. The van der Waals surface area contributed by atoms with Gasteiger partial charge in [0, 0.05) is 18.8 Å². The quantitative estimate of drug-likeness (QED) is 0.590. The van der Waals surface area contributed by atoms with Crippen molar-refractivity contribution in [1.29, 1.82) is 0 Å². The Kier molecular flexibility index (Phi) is 3.40. The molecule has 2 fully saturated rings. The van der Waals surface area contributed by atoms with Crippen molar-refractivity contribution in [2.75, 3.05) is 0 Å². The molecule has 0 aromatic rings. The standard InChI is InChI=1S/C13H17BrO4/c1-8(14)7-13-9(4-5-15)12(2,3)17-10(13)6-11(16)18-13/h5,9-10H,1,4,6-7H2,2-3H3/t9-,10+,13+/m0/s1. The average Bonchev–Trinajstić information content (AvgIpc) is 2.57. The number of hydrogen-bond acceptors (Lipinski definition) is 4. The third-order valence-electron chi connectivity index (χ3n) is 3.88. The van der Waals surface area contributed by atoms with Crippen LogP contribution in [-0.4, -0.2) is 29.6 Å². The Morgan fingerprint density at radius 1 is 1.61 bits per heavy atom. The minimum Gasteiger partial charge on any atom is -0.455 e. The monoisotopic (exact) mass is 316 g/mol. The van der Waals surface area contributed by atoms with Gasteiger partial charge in [0.2, 0.25) is 0 Å². The fourth-order valence-electron chi connectivity index (χ4n) is 3.27. The molecule has 100 valence electrons. The van der Waals surface area contributed by atoms with Gasteiger partial charge in [-0.3, -0.25) is 4.79 Å². The summed E-state index contributed by atoms with van der Waals surface area (Å²) in [7, 11) is 0. The van der Waals surface area contributed by atoms with Gasteiger partial charge >= 0.3 is 5.97 Å². The molecular weight excluding hydrogens is 300 g/mol. The molecule has 0 saturated carbocycles. The summed E-state index contributed by atoms with van der Waals surface area (Å²) in [4.78, 5) is 22.5. The van der Waals surface area contributed by atoms with Crippen molar-refractivity contribution >= 4 is 28.2 Å². The fourth-order valence-corrected chi connectivity index (χ4v) is 3.71. The Morgan fingerprint density at radius 3 is 2.83 bits per heavy atom. The molecule has 2 saturated heterocycles. The number of halogens is 1. The highest BCUT2D eigenvalue weighted by molar-refractivity contribution is 9.11. The Labute approximate surface area is 115 Å². The Balaban J connectivity index is 2.40.